The zero-order valence-electron chi connectivity index (χ0n) is 11.5. The zero-order valence-corrected chi connectivity index (χ0v) is 12.4. The van der Waals surface area contributed by atoms with Gasteiger partial charge < -0.3 is 14.6 Å². The lowest BCUT2D eigenvalue weighted by Gasteiger charge is -2.32. The first-order valence-corrected chi connectivity index (χ1v) is 7.53. The van der Waals surface area contributed by atoms with Crippen LogP contribution in [-0.4, -0.2) is 46.6 Å². The lowest BCUT2D eigenvalue weighted by atomic mass is 10.2. The quantitative estimate of drug-likeness (QED) is 0.923. The van der Waals surface area contributed by atoms with E-state index in [0.717, 1.165) is 16.3 Å². The Bertz CT molecular complexity index is 619. The number of aromatic nitrogens is 2. The molecule has 0 radical (unpaired) electrons. The van der Waals surface area contributed by atoms with Gasteiger partial charge in [-0.2, -0.15) is 0 Å². The summed E-state index contributed by atoms with van der Waals surface area (Å²) in [5, 5.41) is 3.03. The van der Waals surface area contributed by atoms with Crippen molar-refractivity contribution >= 4 is 17.2 Å². The number of rotatable bonds is 2. The van der Waals surface area contributed by atoms with Gasteiger partial charge in [0.1, 0.15) is 5.69 Å². The van der Waals surface area contributed by atoms with Crippen molar-refractivity contribution < 1.29 is 9.53 Å². The summed E-state index contributed by atoms with van der Waals surface area (Å²) in [4.78, 5) is 21.8. The molecule has 2 aromatic rings. The lowest BCUT2D eigenvalue weighted by Crippen LogP contribution is -2.47. The van der Waals surface area contributed by atoms with Gasteiger partial charge in [0.15, 0.2) is 0 Å². The van der Waals surface area contributed by atoms with Gasteiger partial charge in [0.2, 0.25) is 0 Å². The molecule has 1 saturated heterocycles. The molecule has 6 heteroatoms. The van der Waals surface area contributed by atoms with Crippen LogP contribution < -0.4 is 0 Å². The van der Waals surface area contributed by atoms with E-state index in [2.05, 4.69) is 9.97 Å². The maximum atomic E-state index is 12.5. The molecule has 0 bridgehead atoms. The molecular formula is C14H17N3O2S. The Morgan fingerprint density at radius 3 is 3.15 bits per heavy atom. The maximum Gasteiger partial charge on any atom is 0.270 e. The number of morpholine rings is 1. The Morgan fingerprint density at radius 1 is 1.60 bits per heavy atom. The van der Waals surface area contributed by atoms with E-state index in [1.165, 1.54) is 0 Å². The van der Waals surface area contributed by atoms with Crippen molar-refractivity contribution in [2.45, 2.75) is 19.9 Å². The van der Waals surface area contributed by atoms with Crippen molar-refractivity contribution in [2.75, 3.05) is 19.8 Å². The van der Waals surface area contributed by atoms with Crippen LogP contribution in [0.5, 0.6) is 0 Å². The van der Waals surface area contributed by atoms with E-state index in [4.69, 9.17) is 4.74 Å². The Kier molecular flexibility index (Phi) is 3.58. The highest BCUT2D eigenvalue weighted by atomic mass is 32.1. The van der Waals surface area contributed by atoms with Gasteiger partial charge in [-0.05, 0) is 19.9 Å². The van der Waals surface area contributed by atoms with E-state index in [1.807, 2.05) is 36.4 Å². The molecule has 0 aliphatic carbocycles. The topological polar surface area (TPSA) is 58.2 Å². The van der Waals surface area contributed by atoms with Crippen LogP contribution in [0, 0.1) is 6.92 Å². The standard InChI is InChI=1S/C14H17N3O2S/c1-9-7-19-4-3-17(9)14(18)12-5-11(6-15-12)13-8-20-10(2)16-13/h5-6,8-9,15H,3-4,7H2,1-2H3/t9-/m0/s1. The summed E-state index contributed by atoms with van der Waals surface area (Å²) in [6.07, 6.45) is 1.84. The second-order valence-corrected chi connectivity index (χ2v) is 6.04. The number of hydrogen-bond acceptors (Lipinski definition) is 4. The van der Waals surface area contributed by atoms with Crippen LogP contribution in [0.4, 0.5) is 0 Å². The first-order valence-electron chi connectivity index (χ1n) is 6.65. The third-order valence-electron chi connectivity index (χ3n) is 3.46. The van der Waals surface area contributed by atoms with E-state index < -0.39 is 0 Å². The number of thiazole rings is 1. The maximum absolute atomic E-state index is 12.5. The van der Waals surface area contributed by atoms with Crippen molar-refractivity contribution in [1.82, 2.24) is 14.9 Å². The summed E-state index contributed by atoms with van der Waals surface area (Å²) in [7, 11) is 0. The molecular weight excluding hydrogens is 274 g/mol. The summed E-state index contributed by atoms with van der Waals surface area (Å²) < 4.78 is 5.36. The van der Waals surface area contributed by atoms with Gasteiger partial charge in [-0.3, -0.25) is 4.79 Å². The minimum Gasteiger partial charge on any atom is -0.377 e. The third-order valence-corrected chi connectivity index (χ3v) is 4.23. The first kappa shape index (κ1) is 13.3. The molecule has 2 aromatic heterocycles. The average molecular weight is 291 g/mol. The molecule has 5 nitrogen and oxygen atoms in total. The fourth-order valence-electron chi connectivity index (χ4n) is 2.35. The molecule has 0 spiro atoms. The number of ether oxygens (including phenoxy) is 1. The van der Waals surface area contributed by atoms with Crippen LogP contribution in [0.1, 0.15) is 22.4 Å². The number of carbonyl (C=O) groups excluding carboxylic acids is 1. The predicted octanol–water partition coefficient (Wildman–Crippen LogP) is 2.31. The van der Waals surface area contributed by atoms with Crippen molar-refractivity contribution in [3.8, 4) is 11.3 Å². The molecule has 1 N–H and O–H groups in total. The van der Waals surface area contributed by atoms with Gasteiger partial charge in [0.05, 0.1) is 30.0 Å². The lowest BCUT2D eigenvalue weighted by molar-refractivity contribution is 0.00331. The largest absolute Gasteiger partial charge is 0.377 e. The molecule has 106 valence electrons. The number of carbonyl (C=O) groups is 1. The monoisotopic (exact) mass is 291 g/mol. The molecule has 1 aliphatic heterocycles. The predicted molar refractivity (Wildman–Crippen MR) is 78.0 cm³/mol. The summed E-state index contributed by atoms with van der Waals surface area (Å²) in [6.45, 7) is 5.83. The fraction of sp³-hybridized carbons (Fsp3) is 0.429. The molecule has 0 saturated carbocycles. The first-order chi connectivity index (χ1) is 9.65. The highest BCUT2D eigenvalue weighted by molar-refractivity contribution is 7.09. The molecule has 20 heavy (non-hydrogen) atoms. The minimum absolute atomic E-state index is 0.0269. The van der Waals surface area contributed by atoms with Crippen molar-refractivity contribution in [2.24, 2.45) is 0 Å². The zero-order chi connectivity index (χ0) is 14.1. The van der Waals surface area contributed by atoms with Crippen LogP contribution in [0.2, 0.25) is 0 Å². The number of hydrogen-bond donors (Lipinski definition) is 1. The molecule has 1 amide bonds. The van der Waals surface area contributed by atoms with Crippen LogP contribution in [-0.2, 0) is 4.74 Å². The van der Waals surface area contributed by atoms with Gasteiger partial charge in [-0.1, -0.05) is 0 Å². The third kappa shape index (κ3) is 2.48. The highest BCUT2D eigenvalue weighted by Crippen LogP contribution is 2.23. The van der Waals surface area contributed by atoms with E-state index in [1.54, 1.807) is 11.3 Å². The SMILES string of the molecule is Cc1nc(-c2c[nH]c(C(=O)N3CCOC[C@@H]3C)c2)cs1. The molecule has 1 atom stereocenters. The van der Waals surface area contributed by atoms with Gasteiger partial charge in [-0.25, -0.2) is 4.98 Å². The highest BCUT2D eigenvalue weighted by Gasteiger charge is 2.25. The van der Waals surface area contributed by atoms with E-state index in [0.29, 0.717) is 25.5 Å². The Hall–Kier alpha value is -1.66. The average Bonchev–Trinajstić information content (AvgIpc) is 3.07. The summed E-state index contributed by atoms with van der Waals surface area (Å²) in [5.41, 5.74) is 2.48. The van der Waals surface area contributed by atoms with Crippen LogP contribution in [0.15, 0.2) is 17.6 Å². The van der Waals surface area contributed by atoms with Crippen LogP contribution in [0.25, 0.3) is 11.3 Å². The smallest absolute Gasteiger partial charge is 0.270 e. The molecule has 3 rings (SSSR count). The van der Waals surface area contributed by atoms with E-state index >= 15 is 0 Å². The molecule has 1 fully saturated rings. The van der Waals surface area contributed by atoms with Crippen LogP contribution in [0.3, 0.4) is 0 Å². The van der Waals surface area contributed by atoms with Gasteiger partial charge in [-0.15, -0.1) is 11.3 Å². The number of nitrogens with zero attached hydrogens (tertiary/aromatic N) is 2. The molecule has 0 unspecified atom stereocenters. The Labute approximate surface area is 121 Å². The second-order valence-electron chi connectivity index (χ2n) is 4.98. The molecule has 3 heterocycles. The summed E-state index contributed by atoms with van der Waals surface area (Å²) in [6, 6.07) is 1.99. The second kappa shape index (κ2) is 5.38. The molecule has 0 aromatic carbocycles. The number of nitrogens with one attached hydrogen (secondary N) is 1. The number of aromatic amines is 1. The van der Waals surface area contributed by atoms with Gasteiger partial charge in [0.25, 0.3) is 5.91 Å². The fourth-order valence-corrected chi connectivity index (χ4v) is 2.97. The Morgan fingerprint density at radius 2 is 2.45 bits per heavy atom. The summed E-state index contributed by atoms with van der Waals surface area (Å²) >= 11 is 1.61. The minimum atomic E-state index is 0.0269. The van der Waals surface area contributed by atoms with Crippen molar-refractivity contribution in [1.29, 1.82) is 0 Å². The summed E-state index contributed by atoms with van der Waals surface area (Å²) in [5.74, 6) is 0.0269. The van der Waals surface area contributed by atoms with Gasteiger partial charge in [0, 0.05) is 23.7 Å². The van der Waals surface area contributed by atoms with Crippen molar-refractivity contribution in [3.63, 3.8) is 0 Å². The number of amides is 1. The van der Waals surface area contributed by atoms with Crippen LogP contribution >= 0.6 is 11.3 Å². The number of aryl methyl sites for hydroxylation is 1. The van der Waals surface area contributed by atoms with E-state index in [-0.39, 0.29) is 11.9 Å². The normalized spacial score (nSPS) is 19.3. The molecule has 1 aliphatic rings. The Balaban J connectivity index is 1.81. The van der Waals surface area contributed by atoms with Gasteiger partial charge >= 0.3 is 0 Å². The van der Waals surface area contributed by atoms with E-state index in [9.17, 15) is 4.79 Å². The van der Waals surface area contributed by atoms with Crippen molar-refractivity contribution in [3.05, 3.63) is 28.3 Å². The number of H-pyrrole nitrogens is 1.